The Balaban J connectivity index is -0.000000165. The summed E-state index contributed by atoms with van der Waals surface area (Å²) in [6.45, 7) is 0.972. The predicted octanol–water partition coefficient (Wildman–Crippen LogP) is -6.50. The van der Waals surface area contributed by atoms with Gasteiger partial charge in [-0.25, -0.2) is 0 Å². The Morgan fingerprint density at radius 3 is 1.21 bits per heavy atom. The van der Waals surface area contributed by atoms with Crippen LogP contribution in [-0.2, 0) is 52.2 Å². The number of aliphatic carboxylic acids is 4. The van der Waals surface area contributed by atoms with Crippen molar-refractivity contribution in [2.24, 2.45) is 0 Å². The van der Waals surface area contributed by atoms with Crippen molar-refractivity contribution in [1.82, 2.24) is 0 Å². The molecule has 114 valence electrons. The predicted molar refractivity (Wildman–Crippen MR) is 39.9 cm³/mol. The Morgan fingerprint density at radius 2 is 1.11 bits per heavy atom. The molecule has 0 aromatic carbocycles. The van der Waals surface area contributed by atoms with Crippen LogP contribution in [0.5, 0.6) is 0 Å². The molecule has 0 aromatic rings. The monoisotopic (exact) mass is 364 g/mol. The summed E-state index contributed by atoms with van der Waals surface area (Å²) in [6, 6.07) is 0. The fourth-order valence-corrected chi connectivity index (χ4v) is 0.684. The van der Waals surface area contributed by atoms with Crippen molar-refractivity contribution in [2.75, 3.05) is 0 Å². The number of carboxylic acid groups (broad SMARTS) is 4. The molecule has 0 unspecified atom stereocenters. The molecule has 0 aliphatic heterocycles. The minimum Gasteiger partial charge on any atom is -0.550 e. The third kappa shape index (κ3) is 16.8. The molecule has 0 heterocycles. The number of carbonyl (C=O) groups is 4. The van der Waals surface area contributed by atoms with Crippen molar-refractivity contribution in [3.05, 3.63) is 0 Å². The van der Waals surface area contributed by atoms with Crippen molar-refractivity contribution in [2.45, 2.75) is 25.4 Å². The summed E-state index contributed by atoms with van der Waals surface area (Å²) < 4.78 is 0. The van der Waals surface area contributed by atoms with E-state index in [1.165, 1.54) is 0 Å². The van der Waals surface area contributed by atoms with Crippen LogP contribution in [0.2, 0.25) is 0 Å². The SMILES string of the molecule is CC(=O)[O-].O=C([O-])CC(O)(CC(=O)[O-])C(=O)[O-].[Ni+2].[Ni+2]. The van der Waals surface area contributed by atoms with E-state index in [4.69, 9.17) is 15.0 Å². The second-order valence-corrected chi connectivity index (χ2v) is 2.91. The molecule has 0 aliphatic rings. The van der Waals surface area contributed by atoms with Gasteiger partial charge in [0.05, 0.1) is 5.97 Å². The molecule has 0 aliphatic carbocycles. The van der Waals surface area contributed by atoms with E-state index in [1.54, 1.807) is 0 Å². The second kappa shape index (κ2) is 11.9. The molecule has 0 fully saturated rings. The van der Waals surface area contributed by atoms with Crippen LogP contribution in [-0.4, -0.2) is 34.6 Å². The van der Waals surface area contributed by atoms with E-state index in [2.05, 4.69) is 0 Å². The minimum atomic E-state index is -2.97. The van der Waals surface area contributed by atoms with Crippen molar-refractivity contribution >= 4 is 23.9 Å². The van der Waals surface area contributed by atoms with Gasteiger partial charge in [0.1, 0.15) is 5.60 Å². The summed E-state index contributed by atoms with van der Waals surface area (Å²) in [5, 5.41) is 47.8. The molecule has 9 nitrogen and oxygen atoms in total. The van der Waals surface area contributed by atoms with Crippen molar-refractivity contribution < 1.29 is 77.7 Å². The standard InChI is InChI=1S/C6H8O7.C2H4O2.2Ni/c7-3(8)1-6(13,5(11)12)2-4(9)10;1-2(3)4;;/h13H,1-2H2,(H,7,8)(H,9,10)(H,11,12);1H3,(H,3,4);;/q;;2*+2/p-4. The molecule has 0 saturated carbocycles. The van der Waals surface area contributed by atoms with Crippen LogP contribution in [0.3, 0.4) is 0 Å². The Bertz CT molecular complexity index is 308. The van der Waals surface area contributed by atoms with Crippen LogP contribution in [0.4, 0.5) is 0 Å². The average Bonchev–Trinajstić information content (AvgIpc) is 1.98. The molecule has 0 aromatic heterocycles. The zero-order chi connectivity index (χ0) is 14.2. The van der Waals surface area contributed by atoms with E-state index in [9.17, 15) is 29.7 Å². The maximum absolute atomic E-state index is 10.1. The van der Waals surface area contributed by atoms with Crippen molar-refractivity contribution in [3.63, 3.8) is 0 Å². The summed E-state index contributed by atoms with van der Waals surface area (Å²) in [4.78, 5) is 38.9. The number of hydrogen-bond donors (Lipinski definition) is 1. The first-order valence-electron chi connectivity index (χ1n) is 4.02. The van der Waals surface area contributed by atoms with E-state index in [1.807, 2.05) is 0 Å². The largest absolute Gasteiger partial charge is 2.00 e. The molecule has 1 N–H and O–H groups in total. The molecule has 0 radical (unpaired) electrons. The maximum Gasteiger partial charge on any atom is 2.00 e. The third-order valence-corrected chi connectivity index (χ3v) is 1.25. The normalized spacial score (nSPS) is 8.74. The van der Waals surface area contributed by atoms with E-state index in [0.29, 0.717) is 0 Å². The van der Waals surface area contributed by atoms with Gasteiger partial charge in [-0.2, -0.15) is 0 Å². The maximum atomic E-state index is 10.1. The van der Waals surface area contributed by atoms with Crippen LogP contribution < -0.4 is 20.4 Å². The first-order valence-corrected chi connectivity index (χ1v) is 4.02. The van der Waals surface area contributed by atoms with Gasteiger partial charge < -0.3 is 44.7 Å². The van der Waals surface area contributed by atoms with Crippen LogP contribution in [0.25, 0.3) is 0 Å². The first-order chi connectivity index (χ1) is 7.51. The summed E-state index contributed by atoms with van der Waals surface area (Å²) in [6.07, 6.45) is -2.72. The van der Waals surface area contributed by atoms with Gasteiger partial charge in [0, 0.05) is 30.7 Å². The molecule has 0 bridgehead atoms. The molecular formula is C8H8Ni2O9. The van der Waals surface area contributed by atoms with E-state index < -0.39 is 42.3 Å². The number of rotatable bonds is 5. The Morgan fingerprint density at radius 1 is 0.895 bits per heavy atom. The Hall–Kier alpha value is -1.17. The van der Waals surface area contributed by atoms with Crippen LogP contribution >= 0.6 is 0 Å². The Labute approximate surface area is 127 Å². The molecule has 0 amide bonds. The van der Waals surface area contributed by atoms with Gasteiger partial charge in [-0.3, -0.25) is 0 Å². The van der Waals surface area contributed by atoms with E-state index in [0.717, 1.165) is 6.92 Å². The molecular weight excluding hydrogens is 357 g/mol. The summed E-state index contributed by atoms with van der Waals surface area (Å²) in [5.41, 5.74) is -2.97. The second-order valence-electron chi connectivity index (χ2n) is 2.91. The summed E-state index contributed by atoms with van der Waals surface area (Å²) >= 11 is 0. The fourth-order valence-electron chi connectivity index (χ4n) is 0.684. The van der Waals surface area contributed by atoms with Crippen LogP contribution in [0.15, 0.2) is 0 Å². The Kier molecular flexibility index (Phi) is 16.5. The molecule has 11 heteroatoms. The van der Waals surface area contributed by atoms with Gasteiger partial charge in [-0.05, 0) is 6.92 Å². The number of carbonyl (C=O) groups excluding carboxylic acids is 4. The zero-order valence-corrected chi connectivity index (χ0v) is 11.2. The molecule has 0 atom stereocenters. The molecule has 0 spiro atoms. The van der Waals surface area contributed by atoms with Crippen LogP contribution in [0.1, 0.15) is 19.8 Å². The van der Waals surface area contributed by atoms with Gasteiger partial charge in [0.25, 0.3) is 0 Å². The van der Waals surface area contributed by atoms with Crippen molar-refractivity contribution in [1.29, 1.82) is 0 Å². The molecule has 0 saturated heterocycles. The number of hydrogen-bond acceptors (Lipinski definition) is 9. The number of aliphatic hydroxyl groups is 1. The smallest absolute Gasteiger partial charge is 0.550 e. The molecule has 0 rings (SSSR count). The van der Waals surface area contributed by atoms with Crippen LogP contribution in [0, 0.1) is 0 Å². The van der Waals surface area contributed by atoms with Crippen molar-refractivity contribution in [3.8, 4) is 0 Å². The van der Waals surface area contributed by atoms with Gasteiger partial charge in [0.2, 0.25) is 0 Å². The average molecular weight is 366 g/mol. The summed E-state index contributed by atoms with van der Waals surface area (Å²) in [5.74, 6) is -7.07. The minimum absolute atomic E-state index is 0. The van der Waals surface area contributed by atoms with Gasteiger partial charge in [0.15, 0.2) is 0 Å². The van der Waals surface area contributed by atoms with Gasteiger partial charge in [-0.15, -0.1) is 0 Å². The molecule has 19 heavy (non-hydrogen) atoms. The van der Waals surface area contributed by atoms with Gasteiger partial charge >= 0.3 is 33.0 Å². The topological polar surface area (TPSA) is 181 Å². The quantitative estimate of drug-likeness (QED) is 0.463. The number of carboxylic acids is 4. The van der Waals surface area contributed by atoms with E-state index >= 15 is 0 Å². The summed E-state index contributed by atoms with van der Waals surface area (Å²) in [7, 11) is 0. The third-order valence-electron chi connectivity index (χ3n) is 1.25. The fraction of sp³-hybridized carbons (Fsp3) is 0.500. The van der Waals surface area contributed by atoms with E-state index in [-0.39, 0.29) is 33.0 Å². The first kappa shape index (κ1) is 26.4. The zero-order valence-electron chi connectivity index (χ0n) is 9.26. The van der Waals surface area contributed by atoms with Gasteiger partial charge in [-0.1, -0.05) is 0 Å².